The molecule has 0 heterocycles. The van der Waals surface area contributed by atoms with Gasteiger partial charge in [-0.05, 0) is 12.8 Å². The number of hydrogen-bond acceptors (Lipinski definition) is 5. The van der Waals surface area contributed by atoms with Gasteiger partial charge in [0.05, 0.1) is 6.10 Å². The van der Waals surface area contributed by atoms with E-state index in [1.54, 1.807) is 0 Å². The van der Waals surface area contributed by atoms with E-state index >= 15 is 0 Å². The van der Waals surface area contributed by atoms with Gasteiger partial charge in [-0.3, -0.25) is 0 Å². The van der Waals surface area contributed by atoms with Crippen molar-refractivity contribution in [2.24, 2.45) is 0 Å². The van der Waals surface area contributed by atoms with E-state index in [4.69, 9.17) is 25.5 Å². The Morgan fingerprint density at radius 3 is 1.91 bits per heavy atom. The van der Waals surface area contributed by atoms with Gasteiger partial charge in [-0.15, -0.1) is 0 Å². The average Bonchev–Trinajstić information content (AvgIpc) is 1.98. The van der Waals surface area contributed by atoms with Crippen molar-refractivity contribution in [3.05, 3.63) is 0 Å². The number of hydrogen-bond donors (Lipinski definition) is 5. The summed E-state index contributed by atoms with van der Waals surface area (Å²) in [4.78, 5) is 0. The minimum absolute atomic E-state index is 0.0920. The summed E-state index contributed by atoms with van der Waals surface area (Å²) in [7, 11) is 0. The molecule has 0 aromatic rings. The van der Waals surface area contributed by atoms with Crippen LogP contribution in [0.2, 0.25) is 0 Å². The van der Waals surface area contributed by atoms with E-state index in [2.05, 4.69) is 0 Å². The second kappa shape index (κ2) is 5.45. The smallest absolute Gasteiger partial charge is 0.180 e. The molecule has 0 radical (unpaired) electrons. The molecule has 2 unspecified atom stereocenters. The van der Waals surface area contributed by atoms with Crippen LogP contribution in [0.25, 0.3) is 0 Å². The van der Waals surface area contributed by atoms with Crippen molar-refractivity contribution in [1.82, 2.24) is 0 Å². The molecule has 0 fully saturated rings. The van der Waals surface area contributed by atoms with Crippen molar-refractivity contribution >= 4 is 0 Å². The number of aliphatic hydroxyl groups is 5. The van der Waals surface area contributed by atoms with Crippen molar-refractivity contribution in [2.75, 3.05) is 6.61 Å². The van der Waals surface area contributed by atoms with Crippen molar-refractivity contribution < 1.29 is 25.5 Å². The van der Waals surface area contributed by atoms with Gasteiger partial charge < -0.3 is 25.5 Å². The van der Waals surface area contributed by atoms with Gasteiger partial charge >= 0.3 is 0 Å². The summed E-state index contributed by atoms with van der Waals surface area (Å²) in [6, 6.07) is 0. The van der Waals surface area contributed by atoms with Crippen molar-refractivity contribution in [2.45, 2.75) is 31.3 Å². The summed E-state index contributed by atoms with van der Waals surface area (Å²) in [5.41, 5.74) is 0. The lowest BCUT2D eigenvalue weighted by Gasteiger charge is -2.18. The zero-order chi connectivity index (χ0) is 8.85. The van der Waals surface area contributed by atoms with Gasteiger partial charge in [-0.25, -0.2) is 0 Å². The van der Waals surface area contributed by atoms with Gasteiger partial charge in [-0.2, -0.15) is 0 Å². The Labute approximate surface area is 64.5 Å². The molecule has 5 nitrogen and oxygen atoms in total. The number of aliphatic hydroxyl groups excluding tert-OH is 4. The molecule has 2 atom stereocenters. The van der Waals surface area contributed by atoms with Gasteiger partial charge in [0.15, 0.2) is 6.29 Å². The molecule has 0 amide bonds. The van der Waals surface area contributed by atoms with Crippen LogP contribution in [-0.4, -0.2) is 50.6 Å². The van der Waals surface area contributed by atoms with E-state index < -0.39 is 18.5 Å². The van der Waals surface area contributed by atoms with E-state index in [1.807, 2.05) is 0 Å². The molecule has 0 saturated heterocycles. The minimum Gasteiger partial charge on any atom is -0.396 e. The third-order valence-electron chi connectivity index (χ3n) is 1.36. The highest BCUT2D eigenvalue weighted by molar-refractivity contribution is 4.67. The second-order valence-electron chi connectivity index (χ2n) is 2.34. The fraction of sp³-hybridized carbons (Fsp3) is 1.00. The summed E-state index contributed by atoms with van der Waals surface area (Å²) in [5.74, 6) is 0. The van der Waals surface area contributed by atoms with Crippen LogP contribution < -0.4 is 0 Å². The molecule has 0 bridgehead atoms. The van der Waals surface area contributed by atoms with Crippen molar-refractivity contribution in [3.8, 4) is 0 Å². The third kappa shape index (κ3) is 4.28. The SMILES string of the molecule is OCCCC(O)C(O)C(O)O. The van der Waals surface area contributed by atoms with E-state index in [0.717, 1.165) is 0 Å². The van der Waals surface area contributed by atoms with E-state index in [9.17, 15) is 0 Å². The predicted molar refractivity (Wildman–Crippen MR) is 36.6 cm³/mol. The molecule has 11 heavy (non-hydrogen) atoms. The Balaban J connectivity index is 3.55. The normalized spacial score (nSPS) is 16.9. The van der Waals surface area contributed by atoms with Gasteiger partial charge in [0.1, 0.15) is 6.10 Å². The standard InChI is InChI=1S/C6H14O5/c7-3-1-2-4(8)5(9)6(10)11/h4-11H,1-3H2. The molecular formula is C6H14O5. The van der Waals surface area contributed by atoms with Crippen LogP contribution in [0.3, 0.4) is 0 Å². The molecule has 5 heteroatoms. The molecule has 0 saturated carbocycles. The molecular weight excluding hydrogens is 152 g/mol. The first kappa shape index (κ1) is 10.8. The average molecular weight is 166 g/mol. The second-order valence-corrected chi connectivity index (χ2v) is 2.34. The Morgan fingerprint density at radius 1 is 1.00 bits per heavy atom. The maximum absolute atomic E-state index is 8.94. The highest BCUT2D eigenvalue weighted by Gasteiger charge is 2.21. The van der Waals surface area contributed by atoms with E-state index in [-0.39, 0.29) is 13.0 Å². The Kier molecular flexibility index (Phi) is 5.35. The van der Waals surface area contributed by atoms with Crippen LogP contribution in [0.4, 0.5) is 0 Å². The lowest BCUT2D eigenvalue weighted by atomic mass is 10.1. The van der Waals surface area contributed by atoms with Gasteiger partial charge in [0.2, 0.25) is 0 Å². The molecule has 0 aliphatic heterocycles. The third-order valence-corrected chi connectivity index (χ3v) is 1.36. The first-order valence-electron chi connectivity index (χ1n) is 3.42. The Hall–Kier alpha value is -0.200. The number of rotatable bonds is 5. The van der Waals surface area contributed by atoms with E-state index in [0.29, 0.717) is 6.42 Å². The predicted octanol–water partition coefficient (Wildman–Crippen LogP) is -2.21. The maximum atomic E-state index is 8.94. The van der Waals surface area contributed by atoms with Crippen LogP contribution >= 0.6 is 0 Å². The van der Waals surface area contributed by atoms with Crippen LogP contribution in [0, 0.1) is 0 Å². The summed E-state index contributed by atoms with van der Waals surface area (Å²) >= 11 is 0. The molecule has 0 aliphatic carbocycles. The lowest BCUT2D eigenvalue weighted by molar-refractivity contribution is -0.158. The van der Waals surface area contributed by atoms with Crippen LogP contribution in [0.15, 0.2) is 0 Å². The van der Waals surface area contributed by atoms with E-state index in [1.165, 1.54) is 0 Å². The summed E-state index contributed by atoms with van der Waals surface area (Å²) in [5, 5.41) is 42.8. The van der Waals surface area contributed by atoms with Gasteiger partial charge in [0, 0.05) is 6.61 Å². The Morgan fingerprint density at radius 2 is 1.55 bits per heavy atom. The quantitative estimate of drug-likeness (QED) is 0.298. The fourth-order valence-corrected chi connectivity index (χ4v) is 0.670. The van der Waals surface area contributed by atoms with Crippen LogP contribution in [-0.2, 0) is 0 Å². The van der Waals surface area contributed by atoms with Gasteiger partial charge in [-0.1, -0.05) is 0 Å². The van der Waals surface area contributed by atoms with Crippen LogP contribution in [0.5, 0.6) is 0 Å². The highest BCUT2D eigenvalue weighted by Crippen LogP contribution is 2.04. The molecule has 0 spiro atoms. The van der Waals surface area contributed by atoms with Crippen molar-refractivity contribution in [3.63, 3.8) is 0 Å². The molecule has 0 aromatic carbocycles. The molecule has 68 valence electrons. The first-order valence-corrected chi connectivity index (χ1v) is 3.42. The zero-order valence-electron chi connectivity index (χ0n) is 6.09. The largest absolute Gasteiger partial charge is 0.396 e. The molecule has 5 N–H and O–H groups in total. The minimum atomic E-state index is -1.93. The topological polar surface area (TPSA) is 101 Å². The van der Waals surface area contributed by atoms with Gasteiger partial charge in [0.25, 0.3) is 0 Å². The molecule has 0 aliphatic rings. The first-order chi connectivity index (χ1) is 5.09. The fourth-order valence-electron chi connectivity index (χ4n) is 0.670. The summed E-state index contributed by atoms with van der Waals surface area (Å²) in [6.45, 7) is -0.0920. The Bertz CT molecular complexity index is 95.0. The zero-order valence-corrected chi connectivity index (χ0v) is 6.09. The monoisotopic (exact) mass is 166 g/mol. The molecule has 0 aromatic heterocycles. The molecule has 0 rings (SSSR count). The summed E-state index contributed by atoms with van der Waals surface area (Å²) in [6.07, 6.45) is -4.20. The van der Waals surface area contributed by atoms with Crippen molar-refractivity contribution in [1.29, 1.82) is 0 Å². The maximum Gasteiger partial charge on any atom is 0.180 e. The van der Waals surface area contributed by atoms with Crippen LogP contribution in [0.1, 0.15) is 12.8 Å². The lowest BCUT2D eigenvalue weighted by Crippen LogP contribution is -2.37. The highest BCUT2D eigenvalue weighted by atomic mass is 16.5. The summed E-state index contributed by atoms with van der Waals surface area (Å²) < 4.78 is 0.